The second-order valence-electron chi connectivity index (χ2n) is 3.56. The van der Waals surface area contributed by atoms with E-state index in [1.54, 1.807) is 0 Å². The molecule has 0 aromatic heterocycles. The summed E-state index contributed by atoms with van der Waals surface area (Å²) in [5, 5.41) is 9.70. The number of nitrogens with two attached hydrogens (primary N) is 2. The van der Waals surface area contributed by atoms with E-state index in [0.29, 0.717) is 13.1 Å². The van der Waals surface area contributed by atoms with E-state index in [9.17, 15) is 4.79 Å². The quantitative estimate of drug-likeness (QED) is 0.525. The van der Waals surface area contributed by atoms with Crippen molar-refractivity contribution in [2.75, 3.05) is 13.1 Å². The molecule has 7 nitrogen and oxygen atoms in total. The Balaban J connectivity index is 0. The molecular weight excluding hydrogens is 202 g/mol. The van der Waals surface area contributed by atoms with Gasteiger partial charge in [0.15, 0.2) is 0 Å². The van der Waals surface area contributed by atoms with Crippen molar-refractivity contribution in [1.29, 1.82) is 0 Å². The third-order valence-electron chi connectivity index (χ3n) is 0.813. The van der Waals surface area contributed by atoms with Gasteiger partial charge in [0.2, 0.25) is 0 Å². The van der Waals surface area contributed by atoms with Gasteiger partial charge >= 0.3 is 12.2 Å². The van der Waals surface area contributed by atoms with E-state index in [4.69, 9.17) is 20.4 Å². The lowest BCUT2D eigenvalue weighted by Crippen LogP contribution is -2.35. The highest BCUT2D eigenvalue weighted by molar-refractivity contribution is 5.67. The van der Waals surface area contributed by atoms with Crippen LogP contribution < -0.4 is 16.8 Å². The highest BCUT2D eigenvalue weighted by atomic mass is 16.6. The molecule has 0 heterocycles. The largest absolute Gasteiger partial charge is 0.465 e. The number of carboxylic acid groups (broad SMARTS) is 1. The molecule has 0 unspecified atom stereocenters. The zero-order chi connectivity index (χ0) is 12.5. The molecule has 0 aliphatic rings. The summed E-state index contributed by atoms with van der Waals surface area (Å²) in [5.74, 6) is 0. The van der Waals surface area contributed by atoms with E-state index >= 15 is 0 Å². The Bertz CT molecular complexity index is 197. The summed E-state index contributed by atoms with van der Waals surface area (Å²) in [6.07, 6.45) is -1.75. The zero-order valence-electron chi connectivity index (χ0n) is 9.24. The van der Waals surface area contributed by atoms with Crippen LogP contribution >= 0.6 is 0 Å². The van der Waals surface area contributed by atoms with E-state index in [2.05, 4.69) is 11.1 Å². The van der Waals surface area contributed by atoms with Gasteiger partial charge in [-0.25, -0.2) is 9.59 Å². The van der Waals surface area contributed by atoms with Crippen molar-refractivity contribution in [2.24, 2.45) is 11.5 Å². The fourth-order valence-corrected chi connectivity index (χ4v) is 0.488. The summed E-state index contributed by atoms with van der Waals surface area (Å²) in [7, 11) is 0. The van der Waals surface area contributed by atoms with Gasteiger partial charge in [-0.3, -0.25) is 0 Å². The predicted octanol–water partition coefficient (Wildman–Crippen LogP) is 0.0929. The molecule has 0 aromatic rings. The molecule has 7 heteroatoms. The average molecular weight is 221 g/mol. The second kappa shape index (κ2) is 7.86. The number of rotatable bonds is 2. The summed E-state index contributed by atoms with van der Waals surface area (Å²) in [6, 6.07) is 0. The summed E-state index contributed by atoms with van der Waals surface area (Å²) in [5.41, 5.74) is 8.77. The van der Waals surface area contributed by atoms with Crippen molar-refractivity contribution in [3.8, 4) is 0 Å². The smallest absolute Gasteiger partial charge is 0.407 e. The average Bonchev–Trinajstić information content (AvgIpc) is 1.96. The van der Waals surface area contributed by atoms with Crippen LogP contribution in [0.15, 0.2) is 0 Å². The Hall–Kier alpha value is -1.50. The summed E-state index contributed by atoms with van der Waals surface area (Å²) in [6.45, 7) is 6.33. The number of alkyl carbamates (subject to hydrolysis) is 1. The summed E-state index contributed by atoms with van der Waals surface area (Å²) >= 11 is 0. The third-order valence-corrected chi connectivity index (χ3v) is 0.813. The number of nitrogens with one attached hydrogen (secondary N) is 1. The molecule has 0 saturated heterocycles. The minimum Gasteiger partial charge on any atom is -0.465 e. The second-order valence-corrected chi connectivity index (χ2v) is 3.56. The molecule has 0 bridgehead atoms. The Morgan fingerprint density at radius 2 is 1.80 bits per heavy atom. The fraction of sp³-hybridized carbons (Fsp3) is 0.750. The van der Waals surface area contributed by atoms with Gasteiger partial charge in [-0.15, -0.1) is 0 Å². The van der Waals surface area contributed by atoms with Gasteiger partial charge in [0.05, 0.1) is 0 Å². The van der Waals surface area contributed by atoms with Gasteiger partial charge in [-0.2, -0.15) is 0 Å². The molecule has 0 fully saturated rings. The van der Waals surface area contributed by atoms with Crippen LogP contribution in [-0.4, -0.2) is 36.0 Å². The maximum absolute atomic E-state index is 10.8. The van der Waals surface area contributed by atoms with Crippen molar-refractivity contribution >= 4 is 12.2 Å². The standard InChI is InChI=1S/C7H16N2O2.CH3NO2/c1-7(2,3)11-6(10)9-5-4-8;2-1(3)4/h4-5,8H2,1-3H3,(H,9,10);2H2,(H,3,4). The van der Waals surface area contributed by atoms with Crippen molar-refractivity contribution in [2.45, 2.75) is 26.4 Å². The van der Waals surface area contributed by atoms with Crippen LogP contribution in [-0.2, 0) is 4.74 Å². The first kappa shape index (κ1) is 15.9. The van der Waals surface area contributed by atoms with Crippen LogP contribution in [0.1, 0.15) is 20.8 Å². The molecular formula is C8H19N3O4. The van der Waals surface area contributed by atoms with Gasteiger partial charge in [0.25, 0.3) is 0 Å². The van der Waals surface area contributed by atoms with E-state index in [1.165, 1.54) is 0 Å². The van der Waals surface area contributed by atoms with Crippen molar-refractivity contribution in [1.82, 2.24) is 5.32 Å². The van der Waals surface area contributed by atoms with Crippen molar-refractivity contribution in [3.63, 3.8) is 0 Å². The first-order chi connectivity index (χ1) is 6.69. The van der Waals surface area contributed by atoms with Gasteiger partial charge in [-0.1, -0.05) is 0 Å². The van der Waals surface area contributed by atoms with Crippen LogP contribution in [0.5, 0.6) is 0 Å². The lowest BCUT2D eigenvalue weighted by atomic mass is 10.2. The Morgan fingerprint density at radius 3 is 2.07 bits per heavy atom. The van der Waals surface area contributed by atoms with E-state index in [1.807, 2.05) is 20.8 Å². The number of ether oxygens (including phenoxy) is 1. The molecule has 6 N–H and O–H groups in total. The zero-order valence-corrected chi connectivity index (χ0v) is 9.24. The van der Waals surface area contributed by atoms with E-state index in [-0.39, 0.29) is 0 Å². The fourth-order valence-electron chi connectivity index (χ4n) is 0.488. The van der Waals surface area contributed by atoms with Crippen LogP contribution in [0.3, 0.4) is 0 Å². The third kappa shape index (κ3) is 24.5. The Morgan fingerprint density at radius 1 is 1.40 bits per heavy atom. The SMILES string of the molecule is CC(C)(C)OC(=O)NCCN.NC(=O)O. The molecule has 15 heavy (non-hydrogen) atoms. The van der Waals surface area contributed by atoms with E-state index < -0.39 is 17.8 Å². The molecule has 0 saturated carbocycles. The van der Waals surface area contributed by atoms with Gasteiger partial charge in [0.1, 0.15) is 5.60 Å². The summed E-state index contributed by atoms with van der Waals surface area (Å²) < 4.78 is 4.93. The first-order valence-corrected chi connectivity index (χ1v) is 4.34. The Labute approximate surface area is 88.8 Å². The molecule has 0 aromatic carbocycles. The van der Waals surface area contributed by atoms with Crippen LogP contribution in [0.2, 0.25) is 0 Å². The number of primary amides is 1. The number of carbonyl (C=O) groups excluding carboxylic acids is 1. The maximum Gasteiger partial charge on any atom is 0.407 e. The van der Waals surface area contributed by atoms with Gasteiger partial charge < -0.3 is 26.6 Å². The molecule has 2 amide bonds. The maximum atomic E-state index is 10.8. The minimum atomic E-state index is -1.33. The first-order valence-electron chi connectivity index (χ1n) is 4.34. The predicted molar refractivity (Wildman–Crippen MR) is 55.5 cm³/mol. The normalized spacial score (nSPS) is 9.60. The molecule has 0 rings (SSSR count). The molecule has 0 aliphatic heterocycles. The van der Waals surface area contributed by atoms with Crippen LogP contribution in [0.4, 0.5) is 9.59 Å². The van der Waals surface area contributed by atoms with Crippen LogP contribution in [0.25, 0.3) is 0 Å². The Kier molecular flexibility index (Phi) is 8.36. The lowest BCUT2D eigenvalue weighted by Gasteiger charge is -2.19. The molecule has 0 aliphatic carbocycles. The number of amides is 2. The lowest BCUT2D eigenvalue weighted by molar-refractivity contribution is 0.0529. The summed E-state index contributed by atoms with van der Waals surface area (Å²) in [4.78, 5) is 19.6. The highest BCUT2D eigenvalue weighted by Gasteiger charge is 2.14. The minimum absolute atomic E-state index is 0.414. The van der Waals surface area contributed by atoms with E-state index in [0.717, 1.165) is 0 Å². The monoisotopic (exact) mass is 221 g/mol. The molecule has 0 spiro atoms. The van der Waals surface area contributed by atoms with Crippen molar-refractivity contribution in [3.05, 3.63) is 0 Å². The topological polar surface area (TPSA) is 128 Å². The van der Waals surface area contributed by atoms with Crippen LogP contribution in [0, 0.1) is 0 Å². The molecule has 90 valence electrons. The van der Waals surface area contributed by atoms with Crippen molar-refractivity contribution < 1.29 is 19.4 Å². The van der Waals surface area contributed by atoms with Gasteiger partial charge in [-0.05, 0) is 20.8 Å². The highest BCUT2D eigenvalue weighted by Crippen LogP contribution is 2.05. The number of carbonyl (C=O) groups is 2. The molecule has 0 atom stereocenters. The number of hydrogen-bond donors (Lipinski definition) is 4. The van der Waals surface area contributed by atoms with Gasteiger partial charge in [0, 0.05) is 13.1 Å². The molecule has 0 radical (unpaired) electrons. The number of hydrogen-bond acceptors (Lipinski definition) is 4.